The minimum absolute atomic E-state index is 0.251. The zero-order valence-electron chi connectivity index (χ0n) is 7.06. The molecule has 2 N–H and O–H groups in total. The summed E-state index contributed by atoms with van der Waals surface area (Å²) in [6.07, 6.45) is 3.51. The molecule has 0 unspecified atom stereocenters. The number of aromatic nitrogens is 1. The van der Waals surface area contributed by atoms with Crippen molar-refractivity contribution in [2.45, 2.75) is 12.8 Å². The Labute approximate surface area is 80.2 Å². The molecule has 2 aromatic rings. The van der Waals surface area contributed by atoms with Gasteiger partial charge in [0.05, 0.1) is 5.69 Å². The van der Waals surface area contributed by atoms with Crippen molar-refractivity contribution < 1.29 is 4.42 Å². The molecular formula is C9H10N2OS. The molecule has 0 spiro atoms. The number of nitrogen functional groups attached to an aromatic ring is 1. The summed E-state index contributed by atoms with van der Waals surface area (Å²) in [6, 6.07) is 4.42. The number of nitrogens with zero attached hydrogens (tertiary/aromatic N) is 1. The standard InChI is InChI=1S/C9H10N2OS/c10-9-11-7(6-12-9)3-4-8-2-1-5-13-8/h1-2,5-6H,3-4H2,(H2,10,11). The number of oxazole rings is 1. The smallest absolute Gasteiger partial charge is 0.292 e. The van der Waals surface area contributed by atoms with Crippen molar-refractivity contribution in [3.05, 3.63) is 34.3 Å². The Morgan fingerprint density at radius 3 is 3.00 bits per heavy atom. The van der Waals surface area contributed by atoms with Gasteiger partial charge in [-0.1, -0.05) is 6.07 Å². The summed E-state index contributed by atoms with van der Waals surface area (Å²) in [5.74, 6) is 0. The van der Waals surface area contributed by atoms with E-state index < -0.39 is 0 Å². The Kier molecular flexibility index (Phi) is 2.31. The van der Waals surface area contributed by atoms with Gasteiger partial charge in [0.2, 0.25) is 0 Å². The molecule has 0 amide bonds. The first kappa shape index (κ1) is 8.31. The lowest BCUT2D eigenvalue weighted by atomic mass is 10.2. The summed E-state index contributed by atoms with van der Waals surface area (Å²) in [4.78, 5) is 5.39. The van der Waals surface area contributed by atoms with Gasteiger partial charge in [-0.05, 0) is 24.3 Å². The van der Waals surface area contributed by atoms with Gasteiger partial charge in [-0.25, -0.2) is 0 Å². The van der Waals surface area contributed by atoms with Gasteiger partial charge in [-0.3, -0.25) is 0 Å². The predicted octanol–water partition coefficient (Wildman–Crippen LogP) is 2.10. The van der Waals surface area contributed by atoms with E-state index in [0.29, 0.717) is 0 Å². The zero-order chi connectivity index (χ0) is 9.10. The minimum Gasteiger partial charge on any atom is -0.432 e. The van der Waals surface area contributed by atoms with Crippen molar-refractivity contribution in [3.63, 3.8) is 0 Å². The lowest BCUT2D eigenvalue weighted by Gasteiger charge is -1.91. The molecule has 0 aromatic carbocycles. The van der Waals surface area contributed by atoms with E-state index in [9.17, 15) is 0 Å². The van der Waals surface area contributed by atoms with E-state index in [1.54, 1.807) is 17.6 Å². The third-order valence-electron chi connectivity index (χ3n) is 1.78. The molecule has 0 saturated heterocycles. The van der Waals surface area contributed by atoms with Gasteiger partial charge in [0.15, 0.2) is 0 Å². The van der Waals surface area contributed by atoms with E-state index in [0.717, 1.165) is 18.5 Å². The molecule has 2 rings (SSSR count). The van der Waals surface area contributed by atoms with Crippen LogP contribution in [0.15, 0.2) is 28.2 Å². The Hall–Kier alpha value is -1.29. The Balaban J connectivity index is 1.93. The first-order chi connectivity index (χ1) is 6.34. The molecular weight excluding hydrogens is 184 g/mol. The van der Waals surface area contributed by atoms with Crippen LogP contribution >= 0.6 is 11.3 Å². The van der Waals surface area contributed by atoms with Crippen molar-refractivity contribution in [3.8, 4) is 0 Å². The fourth-order valence-corrected chi connectivity index (χ4v) is 1.85. The second-order valence-corrected chi connectivity index (χ2v) is 3.79. The molecule has 13 heavy (non-hydrogen) atoms. The number of rotatable bonds is 3. The second kappa shape index (κ2) is 3.62. The van der Waals surface area contributed by atoms with Crippen molar-refractivity contribution >= 4 is 17.4 Å². The number of anilines is 1. The van der Waals surface area contributed by atoms with E-state index in [4.69, 9.17) is 10.2 Å². The second-order valence-electron chi connectivity index (χ2n) is 2.76. The van der Waals surface area contributed by atoms with Gasteiger partial charge >= 0.3 is 0 Å². The van der Waals surface area contributed by atoms with Crippen LogP contribution in [0.5, 0.6) is 0 Å². The number of thiophene rings is 1. The van der Waals surface area contributed by atoms with Crippen LogP contribution in [0, 0.1) is 0 Å². The molecule has 0 saturated carbocycles. The van der Waals surface area contributed by atoms with Crippen LogP contribution in [-0.2, 0) is 12.8 Å². The predicted molar refractivity (Wildman–Crippen MR) is 52.6 cm³/mol. The maximum atomic E-state index is 5.35. The lowest BCUT2D eigenvalue weighted by molar-refractivity contribution is 0.578. The van der Waals surface area contributed by atoms with E-state index >= 15 is 0 Å². The van der Waals surface area contributed by atoms with Gasteiger partial charge in [0.1, 0.15) is 6.26 Å². The molecule has 0 aliphatic heterocycles. The summed E-state index contributed by atoms with van der Waals surface area (Å²) in [7, 11) is 0. The molecule has 0 atom stereocenters. The molecule has 0 fully saturated rings. The van der Waals surface area contributed by atoms with Crippen LogP contribution in [0.3, 0.4) is 0 Å². The first-order valence-electron chi connectivity index (χ1n) is 4.07. The highest BCUT2D eigenvalue weighted by Gasteiger charge is 2.01. The topological polar surface area (TPSA) is 52.0 Å². The van der Waals surface area contributed by atoms with Crippen molar-refractivity contribution in [1.29, 1.82) is 0 Å². The maximum Gasteiger partial charge on any atom is 0.292 e. The highest BCUT2D eigenvalue weighted by atomic mass is 32.1. The Morgan fingerprint density at radius 2 is 2.38 bits per heavy atom. The van der Waals surface area contributed by atoms with E-state index in [2.05, 4.69) is 22.5 Å². The lowest BCUT2D eigenvalue weighted by Crippen LogP contribution is -1.90. The average Bonchev–Trinajstić information content (AvgIpc) is 2.71. The molecule has 4 heteroatoms. The molecule has 0 aliphatic carbocycles. The van der Waals surface area contributed by atoms with E-state index in [1.165, 1.54) is 4.88 Å². The normalized spacial score (nSPS) is 10.5. The van der Waals surface area contributed by atoms with Crippen molar-refractivity contribution in [1.82, 2.24) is 4.98 Å². The van der Waals surface area contributed by atoms with Gasteiger partial charge < -0.3 is 10.2 Å². The quantitative estimate of drug-likeness (QED) is 0.814. The van der Waals surface area contributed by atoms with Gasteiger partial charge in [0.25, 0.3) is 6.01 Å². The van der Waals surface area contributed by atoms with Crippen LogP contribution in [-0.4, -0.2) is 4.98 Å². The maximum absolute atomic E-state index is 5.35. The summed E-state index contributed by atoms with van der Waals surface area (Å²) in [6.45, 7) is 0. The summed E-state index contributed by atoms with van der Waals surface area (Å²) >= 11 is 1.76. The highest BCUT2D eigenvalue weighted by molar-refractivity contribution is 7.09. The molecule has 0 bridgehead atoms. The molecule has 0 radical (unpaired) electrons. The summed E-state index contributed by atoms with van der Waals surface area (Å²) in [5, 5.41) is 2.08. The van der Waals surface area contributed by atoms with Crippen LogP contribution in [0.1, 0.15) is 10.6 Å². The van der Waals surface area contributed by atoms with Gasteiger partial charge in [-0.15, -0.1) is 11.3 Å². The molecule has 3 nitrogen and oxygen atoms in total. The minimum atomic E-state index is 0.251. The zero-order valence-corrected chi connectivity index (χ0v) is 7.88. The Morgan fingerprint density at radius 1 is 1.46 bits per heavy atom. The average molecular weight is 194 g/mol. The van der Waals surface area contributed by atoms with Gasteiger partial charge in [-0.2, -0.15) is 4.98 Å². The molecule has 0 aliphatic rings. The number of aryl methyl sites for hydroxylation is 2. The van der Waals surface area contributed by atoms with Crippen LogP contribution in [0.2, 0.25) is 0 Å². The SMILES string of the molecule is Nc1nc(CCc2cccs2)co1. The third-order valence-corrected chi connectivity index (χ3v) is 2.71. The summed E-state index contributed by atoms with van der Waals surface area (Å²) in [5.41, 5.74) is 6.27. The number of nitrogens with two attached hydrogens (primary N) is 1. The number of hydrogen-bond acceptors (Lipinski definition) is 4. The van der Waals surface area contributed by atoms with E-state index in [-0.39, 0.29) is 6.01 Å². The molecule has 68 valence electrons. The van der Waals surface area contributed by atoms with Crippen LogP contribution in [0.4, 0.5) is 6.01 Å². The first-order valence-corrected chi connectivity index (χ1v) is 4.95. The van der Waals surface area contributed by atoms with Crippen LogP contribution in [0.25, 0.3) is 0 Å². The van der Waals surface area contributed by atoms with E-state index in [1.807, 2.05) is 0 Å². The monoisotopic (exact) mass is 194 g/mol. The molecule has 2 aromatic heterocycles. The fraction of sp³-hybridized carbons (Fsp3) is 0.222. The van der Waals surface area contributed by atoms with Gasteiger partial charge in [0, 0.05) is 4.88 Å². The Bertz CT molecular complexity index is 367. The largest absolute Gasteiger partial charge is 0.432 e. The fourth-order valence-electron chi connectivity index (χ4n) is 1.14. The number of hydrogen-bond donors (Lipinski definition) is 1. The van der Waals surface area contributed by atoms with Crippen molar-refractivity contribution in [2.24, 2.45) is 0 Å². The van der Waals surface area contributed by atoms with Crippen molar-refractivity contribution in [2.75, 3.05) is 5.73 Å². The highest BCUT2D eigenvalue weighted by Crippen LogP contribution is 2.12. The molecule has 2 heterocycles. The third kappa shape index (κ3) is 2.09. The summed E-state index contributed by atoms with van der Waals surface area (Å²) < 4.78 is 4.90. The van der Waals surface area contributed by atoms with Crippen LogP contribution < -0.4 is 5.73 Å².